The van der Waals surface area contributed by atoms with Gasteiger partial charge in [0.2, 0.25) is 0 Å². The Labute approximate surface area is 124 Å². The highest BCUT2D eigenvalue weighted by molar-refractivity contribution is 6.42. The monoisotopic (exact) mass is 290 g/mol. The van der Waals surface area contributed by atoms with Crippen LogP contribution in [-0.2, 0) is 0 Å². The summed E-state index contributed by atoms with van der Waals surface area (Å²) in [6, 6.07) is 5.84. The zero-order chi connectivity index (χ0) is 13.2. The minimum Gasteiger partial charge on any atom is -0.0841 e. The van der Waals surface area contributed by atoms with Crippen LogP contribution in [-0.4, -0.2) is 0 Å². The molecule has 0 aromatic heterocycles. The Morgan fingerprint density at radius 1 is 1.16 bits per heavy atom. The lowest BCUT2D eigenvalue weighted by molar-refractivity contribution is 0.577. The molecular weight excluding hydrogens is 275 g/mol. The van der Waals surface area contributed by atoms with Crippen LogP contribution in [0.15, 0.2) is 47.6 Å². The van der Waals surface area contributed by atoms with Gasteiger partial charge in [0.15, 0.2) is 0 Å². The van der Waals surface area contributed by atoms with E-state index >= 15 is 0 Å². The van der Waals surface area contributed by atoms with Crippen LogP contribution >= 0.6 is 23.2 Å². The number of halogens is 2. The minimum atomic E-state index is 0.616. The molecule has 0 heterocycles. The van der Waals surface area contributed by atoms with E-state index in [4.69, 9.17) is 23.2 Å². The maximum absolute atomic E-state index is 6.08. The topological polar surface area (TPSA) is 0 Å². The van der Waals surface area contributed by atoms with Gasteiger partial charge < -0.3 is 0 Å². The largest absolute Gasteiger partial charge is 0.0841 e. The van der Waals surface area contributed by atoms with Crippen LogP contribution in [0.5, 0.6) is 0 Å². The van der Waals surface area contributed by atoms with E-state index in [0.717, 1.165) is 18.4 Å². The highest BCUT2D eigenvalue weighted by Gasteiger charge is 2.21. The molecule has 0 spiro atoms. The third-order valence-corrected chi connectivity index (χ3v) is 4.60. The van der Waals surface area contributed by atoms with Gasteiger partial charge in [-0.1, -0.05) is 53.6 Å². The molecule has 1 aromatic rings. The standard InChI is InChI=1S/C17H16Cl2/c18-16-9-8-12(11-17(16)19)10-14-6-3-5-13-4-1-2-7-15(13)14/h1,4,7-11,13H,2-3,5-6H2/b14-10+. The molecule has 2 heteroatoms. The van der Waals surface area contributed by atoms with Crippen LogP contribution in [0.25, 0.3) is 6.08 Å². The molecule has 0 aliphatic heterocycles. The van der Waals surface area contributed by atoms with Gasteiger partial charge in [-0.05, 0) is 54.5 Å². The van der Waals surface area contributed by atoms with E-state index in [1.54, 1.807) is 0 Å². The SMILES string of the molecule is Clc1ccc(/C=C2\CCCC3C=CCC=C23)cc1Cl. The molecule has 0 saturated heterocycles. The molecule has 0 N–H and O–H groups in total. The molecule has 0 bridgehead atoms. The van der Waals surface area contributed by atoms with Gasteiger partial charge in [-0.2, -0.15) is 0 Å². The molecule has 1 saturated carbocycles. The molecule has 1 aromatic carbocycles. The fourth-order valence-electron chi connectivity index (χ4n) is 2.93. The molecule has 3 rings (SSSR count). The summed E-state index contributed by atoms with van der Waals surface area (Å²) in [7, 11) is 0. The van der Waals surface area contributed by atoms with E-state index in [2.05, 4.69) is 24.3 Å². The van der Waals surface area contributed by atoms with Crippen molar-refractivity contribution in [3.05, 3.63) is 63.2 Å². The van der Waals surface area contributed by atoms with Crippen molar-refractivity contribution in [2.75, 3.05) is 0 Å². The summed E-state index contributed by atoms with van der Waals surface area (Å²) in [6.45, 7) is 0. The van der Waals surface area contributed by atoms with Gasteiger partial charge in [-0.25, -0.2) is 0 Å². The van der Waals surface area contributed by atoms with Gasteiger partial charge in [-0.3, -0.25) is 0 Å². The Morgan fingerprint density at radius 3 is 2.89 bits per heavy atom. The average molecular weight is 291 g/mol. The first kappa shape index (κ1) is 13.0. The first-order valence-corrected chi connectivity index (χ1v) is 7.52. The van der Waals surface area contributed by atoms with E-state index in [0.29, 0.717) is 16.0 Å². The number of hydrogen-bond acceptors (Lipinski definition) is 0. The van der Waals surface area contributed by atoms with E-state index in [-0.39, 0.29) is 0 Å². The second kappa shape index (κ2) is 5.56. The molecule has 19 heavy (non-hydrogen) atoms. The summed E-state index contributed by atoms with van der Waals surface area (Å²) in [5.74, 6) is 0.622. The molecule has 0 radical (unpaired) electrons. The zero-order valence-electron chi connectivity index (χ0n) is 10.7. The Balaban J connectivity index is 1.93. The number of allylic oxidation sites excluding steroid dienone is 5. The molecule has 0 amide bonds. The van der Waals surface area contributed by atoms with Crippen LogP contribution in [0.2, 0.25) is 10.0 Å². The van der Waals surface area contributed by atoms with Crippen LogP contribution in [0.1, 0.15) is 31.2 Å². The predicted octanol–water partition coefficient (Wildman–Crippen LogP) is 6.06. The van der Waals surface area contributed by atoms with Crippen molar-refractivity contribution >= 4 is 29.3 Å². The van der Waals surface area contributed by atoms with E-state index in [1.807, 2.05) is 18.2 Å². The second-order valence-electron chi connectivity index (χ2n) is 5.17. The van der Waals surface area contributed by atoms with Crippen molar-refractivity contribution in [3.63, 3.8) is 0 Å². The third-order valence-electron chi connectivity index (χ3n) is 3.86. The third kappa shape index (κ3) is 2.80. The lowest BCUT2D eigenvalue weighted by atomic mass is 9.77. The average Bonchev–Trinajstić information content (AvgIpc) is 2.43. The fourth-order valence-corrected chi connectivity index (χ4v) is 3.24. The number of rotatable bonds is 1. The maximum Gasteiger partial charge on any atom is 0.0598 e. The van der Waals surface area contributed by atoms with Crippen LogP contribution < -0.4 is 0 Å². The van der Waals surface area contributed by atoms with Crippen molar-refractivity contribution in [3.8, 4) is 0 Å². The molecule has 2 aliphatic carbocycles. The Bertz CT molecular complexity index is 579. The smallest absolute Gasteiger partial charge is 0.0598 e. The second-order valence-corrected chi connectivity index (χ2v) is 5.98. The quantitative estimate of drug-likeness (QED) is 0.551. The van der Waals surface area contributed by atoms with Gasteiger partial charge >= 0.3 is 0 Å². The lowest BCUT2D eigenvalue weighted by Gasteiger charge is -2.28. The maximum atomic E-state index is 6.08. The molecule has 1 fully saturated rings. The van der Waals surface area contributed by atoms with Crippen molar-refractivity contribution in [1.29, 1.82) is 0 Å². The van der Waals surface area contributed by atoms with E-state index < -0.39 is 0 Å². The summed E-state index contributed by atoms with van der Waals surface area (Å²) < 4.78 is 0. The van der Waals surface area contributed by atoms with Gasteiger partial charge in [0.1, 0.15) is 0 Å². The highest BCUT2D eigenvalue weighted by Crippen LogP contribution is 2.38. The van der Waals surface area contributed by atoms with Crippen molar-refractivity contribution in [2.45, 2.75) is 25.7 Å². The van der Waals surface area contributed by atoms with Gasteiger partial charge in [0.25, 0.3) is 0 Å². The van der Waals surface area contributed by atoms with Crippen LogP contribution in [0.3, 0.4) is 0 Å². The molecule has 98 valence electrons. The molecule has 0 nitrogen and oxygen atoms in total. The summed E-state index contributed by atoms with van der Waals surface area (Å²) in [4.78, 5) is 0. The number of fused-ring (bicyclic) bond motifs is 1. The Kier molecular flexibility index (Phi) is 3.81. The normalized spacial score (nSPS) is 24.2. The van der Waals surface area contributed by atoms with Crippen LogP contribution in [0, 0.1) is 5.92 Å². The summed E-state index contributed by atoms with van der Waals surface area (Å²) >= 11 is 12.0. The molecule has 1 unspecified atom stereocenters. The number of benzene rings is 1. The summed E-state index contributed by atoms with van der Waals surface area (Å²) in [5.41, 5.74) is 4.11. The van der Waals surface area contributed by atoms with Crippen molar-refractivity contribution in [1.82, 2.24) is 0 Å². The Morgan fingerprint density at radius 2 is 2.05 bits per heavy atom. The lowest BCUT2D eigenvalue weighted by Crippen LogP contribution is -2.12. The predicted molar refractivity (Wildman–Crippen MR) is 83.6 cm³/mol. The van der Waals surface area contributed by atoms with Crippen molar-refractivity contribution < 1.29 is 0 Å². The van der Waals surface area contributed by atoms with Gasteiger partial charge in [-0.15, -0.1) is 0 Å². The molecule has 2 aliphatic rings. The summed E-state index contributed by atoms with van der Waals surface area (Å²) in [6.07, 6.45) is 14.0. The molecular formula is C17H16Cl2. The Hall–Kier alpha value is -0.980. The number of hydrogen-bond donors (Lipinski definition) is 0. The first-order chi connectivity index (χ1) is 9.24. The van der Waals surface area contributed by atoms with Gasteiger partial charge in [0.05, 0.1) is 10.0 Å². The fraction of sp³-hybridized carbons (Fsp3) is 0.294. The minimum absolute atomic E-state index is 0.616. The molecule has 1 atom stereocenters. The first-order valence-electron chi connectivity index (χ1n) is 6.77. The highest BCUT2D eigenvalue weighted by atomic mass is 35.5. The van der Waals surface area contributed by atoms with E-state index in [1.165, 1.54) is 24.0 Å². The summed E-state index contributed by atoms with van der Waals surface area (Å²) in [5, 5.41) is 1.24. The van der Waals surface area contributed by atoms with E-state index in [9.17, 15) is 0 Å². The van der Waals surface area contributed by atoms with Crippen molar-refractivity contribution in [2.24, 2.45) is 5.92 Å². The van der Waals surface area contributed by atoms with Crippen LogP contribution in [0.4, 0.5) is 0 Å². The zero-order valence-corrected chi connectivity index (χ0v) is 12.2. The van der Waals surface area contributed by atoms with Gasteiger partial charge in [0, 0.05) is 5.92 Å².